The molecule has 0 aromatic heterocycles. The number of hydrogen-bond donors (Lipinski definition) is 2. The fourth-order valence-electron chi connectivity index (χ4n) is 1.69. The Hall–Kier alpha value is -0.910. The number of hydroxylamine groups is 2. The quantitative estimate of drug-likeness (QED) is 0.523. The number of halogens is 2. The molecule has 0 atom stereocenters. The van der Waals surface area contributed by atoms with Gasteiger partial charge in [-0.25, -0.2) is 9.25 Å². The smallest absolute Gasteiger partial charge is 0.257 e. The summed E-state index contributed by atoms with van der Waals surface area (Å²) in [4.78, 5) is 0. The Morgan fingerprint density at radius 2 is 1.17 bits per heavy atom. The molecular formula is C15H17Cl2N2O3P. The highest BCUT2D eigenvalue weighted by Gasteiger charge is 2.17. The van der Waals surface area contributed by atoms with E-state index in [1.807, 2.05) is 24.3 Å². The molecule has 0 bridgehead atoms. The molecule has 2 aromatic rings. The summed E-state index contributed by atoms with van der Waals surface area (Å²) >= 11 is 11.6. The van der Waals surface area contributed by atoms with Crippen LogP contribution in [0.3, 0.4) is 0 Å². The summed E-state index contributed by atoms with van der Waals surface area (Å²) in [5.41, 5.74) is 7.15. The lowest BCUT2D eigenvalue weighted by atomic mass is 10.2. The molecule has 0 aliphatic carbocycles. The fraction of sp³-hybridized carbons (Fsp3) is 0.200. The van der Waals surface area contributed by atoms with Gasteiger partial charge in [0.25, 0.3) is 0 Å². The highest BCUT2D eigenvalue weighted by atomic mass is 35.5. The topological polar surface area (TPSA) is 59.6 Å². The van der Waals surface area contributed by atoms with Crippen molar-refractivity contribution >= 4 is 30.8 Å². The van der Waals surface area contributed by atoms with Crippen LogP contribution in [0.1, 0.15) is 11.1 Å². The van der Waals surface area contributed by atoms with Gasteiger partial charge in [0, 0.05) is 29.8 Å². The van der Waals surface area contributed by atoms with E-state index in [0.717, 1.165) is 11.1 Å². The van der Waals surface area contributed by atoms with E-state index in [0.29, 0.717) is 23.1 Å². The van der Waals surface area contributed by atoms with E-state index in [1.165, 1.54) is 6.66 Å². The molecule has 5 nitrogen and oxygen atoms in total. The lowest BCUT2D eigenvalue weighted by Crippen LogP contribution is -2.18. The third-order valence-corrected chi connectivity index (χ3v) is 4.27. The number of hydrogen-bond acceptors (Lipinski definition) is 5. The number of benzene rings is 2. The normalized spacial score (nSPS) is 11.6. The summed E-state index contributed by atoms with van der Waals surface area (Å²) in [5.74, 6) is 0. The minimum absolute atomic E-state index is 0.384. The van der Waals surface area contributed by atoms with Crippen molar-refractivity contribution in [2.75, 3.05) is 6.66 Å². The molecule has 2 aromatic carbocycles. The second kappa shape index (κ2) is 8.81. The molecule has 0 spiro atoms. The average molecular weight is 375 g/mol. The summed E-state index contributed by atoms with van der Waals surface area (Å²) in [5, 5.41) is 1.32. The van der Waals surface area contributed by atoms with E-state index in [9.17, 15) is 4.57 Å². The summed E-state index contributed by atoms with van der Waals surface area (Å²) in [7, 11) is -3.26. The standard InChI is InChI=1S/C15H17Cl2N2O3P/c1-23(20,21-18-10-12-2-6-14(16)7-3-12)22-19-11-13-4-8-15(17)9-5-13/h2-9,18-19H,10-11H2,1H3. The predicted molar refractivity (Wildman–Crippen MR) is 92.3 cm³/mol. The zero-order chi connectivity index (χ0) is 16.7. The molecule has 0 fully saturated rings. The van der Waals surface area contributed by atoms with E-state index >= 15 is 0 Å². The predicted octanol–water partition coefficient (Wildman–Crippen LogP) is 4.56. The van der Waals surface area contributed by atoms with Gasteiger partial charge in [0.2, 0.25) is 0 Å². The van der Waals surface area contributed by atoms with Gasteiger partial charge in [-0.1, -0.05) is 47.5 Å². The van der Waals surface area contributed by atoms with Gasteiger partial charge in [-0.3, -0.25) is 4.57 Å². The number of nitrogens with one attached hydrogen (secondary N) is 2. The van der Waals surface area contributed by atoms with Crippen molar-refractivity contribution in [1.82, 2.24) is 11.0 Å². The molecule has 124 valence electrons. The van der Waals surface area contributed by atoms with Gasteiger partial charge in [0.15, 0.2) is 0 Å². The zero-order valence-corrected chi connectivity index (χ0v) is 14.9. The van der Waals surface area contributed by atoms with Gasteiger partial charge < -0.3 is 0 Å². The van der Waals surface area contributed by atoms with E-state index < -0.39 is 7.60 Å². The first kappa shape index (κ1) is 18.4. The van der Waals surface area contributed by atoms with Crippen LogP contribution in [-0.2, 0) is 26.9 Å². The van der Waals surface area contributed by atoms with Gasteiger partial charge in [-0.05, 0) is 35.4 Å². The Kier molecular flexibility index (Phi) is 7.06. The van der Waals surface area contributed by atoms with Crippen molar-refractivity contribution in [2.45, 2.75) is 13.1 Å². The minimum Gasteiger partial charge on any atom is -0.257 e. The maximum atomic E-state index is 12.1. The Morgan fingerprint density at radius 1 is 0.826 bits per heavy atom. The van der Waals surface area contributed by atoms with Crippen molar-refractivity contribution in [3.8, 4) is 0 Å². The van der Waals surface area contributed by atoms with Crippen LogP contribution in [0.15, 0.2) is 48.5 Å². The summed E-state index contributed by atoms with van der Waals surface area (Å²) in [6.45, 7) is 2.14. The molecule has 0 aliphatic heterocycles. The Bertz CT molecular complexity index is 610. The van der Waals surface area contributed by atoms with Gasteiger partial charge in [-0.15, -0.1) is 0 Å². The van der Waals surface area contributed by atoms with Gasteiger partial charge in [-0.2, -0.15) is 11.0 Å². The third kappa shape index (κ3) is 7.02. The van der Waals surface area contributed by atoms with Crippen LogP contribution >= 0.6 is 30.8 Å². The molecule has 0 saturated heterocycles. The first-order valence-electron chi connectivity index (χ1n) is 6.84. The Morgan fingerprint density at radius 3 is 1.52 bits per heavy atom. The molecule has 2 N–H and O–H groups in total. The molecule has 8 heteroatoms. The lowest BCUT2D eigenvalue weighted by Gasteiger charge is -2.14. The molecule has 0 heterocycles. The SMILES string of the molecule is CP(=O)(ONCc1ccc(Cl)cc1)ONCc1ccc(Cl)cc1. The first-order valence-corrected chi connectivity index (χ1v) is 9.58. The van der Waals surface area contributed by atoms with E-state index in [1.54, 1.807) is 24.3 Å². The minimum atomic E-state index is -3.26. The Labute approximate surface area is 145 Å². The van der Waals surface area contributed by atoms with Crippen LogP contribution in [-0.4, -0.2) is 6.66 Å². The largest absolute Gasteiger partial charge is 0.360 e. The van der Waals surface area contributed by atoms with Crippen molar-refractivity contribution in [3.63, 3.8) is 0 Å². The van der Waals surface area contributed by atoms with Crippen LogP contribution in [0.25, 0.3) is 0 Å². The lowest BCUT2D eigenvalue weighted by molar-refractivity contribution is 0.0991. The molecule has 0 amide bonds. The molecule has 2 rings (SSSR count). The van der Waals surface area contributed by atoms with Gasteiger partial charge in [0.1, 0.15) is 0 Å². The molecular weight excluding hydrogens is 358 g/mol. The van der Waals surface area contributed by atoms with Gasteiger partial charge in [0.05, 0.1) is 0 Å². The number of rotatable bonds is 8. The van der Waals surface area contributed by atoms with Crippen molar-refractivity contribution in [2.24, 2.45) is 0 Å². The van der Waals surface area contributed by atoms with Crippen molar-refractivity contribution in [1.29, 1.82) is 0 Å². The molecule has 23 heavy (non-hydrogen) atoms. The average Bonchev–Trinajstić information content (AvgIpc) is 2.51. The van der Waals surface area contributed by atoms with Crippen LogP contribution in [0.5, 0.6) is 0 Å². The first-order chi connectivity index (χ1) is 10.9. The fourth-order valence-corrected chi connectivity index (χ4v) is 2.58. The van der Waals surface area contributed by atoms with Crippen molar-refractivity contribution in [3.05, 3.63) is 69.7 Å². The van der Waals surface area contributed by atoms with Crippen LogP contribution in [0, 0.1) is 0 Å². The van der Waals surface area contributed by atoms with Crippen LogP contribution in [0.4, 0.5) is 0 Å². The molecule has 0 saturated carbocycles. The highest BCUT2D eigenvalue weighted by Crippen LogP contribution is 2.41. The molecule has 0 aliphatic rings. The second-order valence-electron chi connectivity index (χ2n) is 4.85. The van der Waals surface area contributed by atoms with Crippen LogP contribution < -0.4 is 11.0 Å². The molecule has 0 radical (unpaired) electrons. The summed E-state index contributed by atoms with van der Waals surface area (Å²) in [6, 6.07) is 14.5. The van der Waals surface area contributed by atoms with Crippen LogP contribution in [0.2, 0.25) is 10.0 Å². The van der Waals surface area contributed by atoms with E-state index in [-0.39, 0.29) is 0 Å². The maximum absolute atomic E-state index is 12.1. The van der Waals surface area contributed by atoms with E-state index in [2.05, 4.69) is 11.0 Å². The third-order valence-electron chi connectivity index (χ3n) is 2.84. The van der Waals surface area contributed by atoms with E-state index in [4.69, 9.17) is 32.5 Å². The Balaban J connectivity index is 1.70. The molecule has 0 unspecified atom stereocenters. The summed E-state index contributed by atoms with van der Waals surface area (Å²) in [6.07, 6.45) is 0. The maximum Gasteiger partial charge on any atom is 0.360 e. The summed E-state index contributed by atoms with van der Waals surface area (Å²) < 4.78 is 22.3. The van der Waals surface area contributed by atoms with Gasteiger partial charge >= 0.3 is 7.60 Å². The monoisotopic (exact) mass is 374 g/mol. The zero-order valence-electron chi connectivity index (χ0n) is 12.5. The van der Waals surface area contributed by atoms with Crippen molar-refractivity contribution < 1.29 is 13.8 Å². The second-order valence-corrected chi connectivity index (χ2v) is 7.63. The highest BCUT2D eigenvalue weighted by molar-refractivity contribution is 7.52.